The van der Waals surface area contributed by atoms with Crippen molar-refractivity contribution in [1.82, 2.24) is 4.90 Å². The fraction of sp³-hybridized carbons (Fsp3) is 0.385. The highest BCUT2D eigenvalue weighted by molar-refractivity contribution is 6.21. The fourth-order valence-corrected chi connectivity index (χ4v) is 2.61. The maximum atomic E-state index is 12.4. The molecule has 2 heterocycles. The number of hydrogen-bond acceptors (Lipinski definition) is 3. The molecule has 0 aromatic heterocycles. The van der Waals surface area contributed by atoms with Gasteiger partial charge in [0.2, 0.25) is 0 Å². The molecule has 3 amide bonds. The summed E-state index contributed by atoms with van der Waals surface area (Å²) in [6.45, 7) is 2.11. The van der Waals surface area contributed by atoms with Crippen molar-refractivity contribution in [3.8, 4) is 5.75 Å². The van der Waals surface area contributed by atoms with E-state index < -0.39 is 0 Å². The van der Waals surface area contributed by atoms with Crippen molar-refractivity contribution in [2.75, 3.05) is 31.6 Å². The van der Waals surface area contributed by atoms with Crippen LogP contribution in [0.15, 0.2) is 24.3 Å². The molecule has 0 spiro atoms. The van der Waals surface area contributed by atoms with Crippen LogP contribution in [0.4, 0.5) is 10.5 Å². The molecule has 6 nitrogen and oxygen atoms in total. The average molecular weight is 262 g/mol. The molecule has 0 aliphatic carbocycles. The van der Waals surface area contributed by atoms with Gasteiger partial charge in [0.25, 0.3) is 5.91 Å². The highest BCUT2D eigenvalue weighted by atomic mass is 16.5. The first-order valence-corrected chi connectivity index (χ1v) is 6.32. The maximum Gasteiger partial charge on any atom is 0.332 e. The summed E-state index contributed by atoms with van der Waals surface area (Å²) in [4.78, 5) is 27.6. The van der Waals surface area contributed by atoms with Crippen molar-refractivity contribution in [1.29, 1.82) is 0 Å². The molecule has 1 aromatic rings. The molecule has 2 aliphatic rings. The number of nitrogens with two attached hydrogens (primary N) is 1. The van der Waals surface area contributed by atoms with Gasteiger partial charge in [0.05, 0.1) is 25.9 Å². The van der Waals surface area contributed by atoms with Crippen LogP contribution >= 0.6 is 0 Å². The normalized spacial score (nSPS) is 22.7. The Kier molecular flexibility index (Phi) is 2.87. The van der Waals surface area contributed by atoms with Gasteiger partial charge >= 0.3 is 6.03 Å². The van der Waals surface area contributed by atoms with Crippen LogP contribution in [0.25, 0.3) is 0 Å². The van der Waals surface area contributed by atoms with Crippen LogP contribution < -0.4 is 15.0 Å². The number of piperazine rings is 1. The van der Waals surface area contributed by atoms with Crippen molar-refractivity contribution in [2.45, 2.75) is 6.04 Å². The molecular formula is C13H16N3O3+. The Bertz CT molecular complexity index is 508. The summed E-state index contributed by atoms with van der Waals surface area (Å²) in [6.07, 6.45) is 0. The Labute approximate surface area is 110 Å². The van der Waals surface area contributed by atoms with Crippen molar-refractivity contribution < 1.29 is 19.6 Å². The molecule has 0 unspecified atom stereocenters. The van der Waals surface area contributed by atoms with Gasteiger partial charge < -0.3 is 15.0 Å². The topological polar surface area (TPSA) is 66.5 Å². The summed E-state index contributed by atoms with van der Waals surface area (Å²) in [7, 11) is 1.56. The second-order valence-corrected chi connectivity index (χ2v) is 4.68. The number of nitrogens with zero attached hydrogens (tertiary/aromatic N) is 2. The number of methoxy groups -OCH3 is 1. The Hall–Kier alpha value is -2.08. The minimum absolute atomic E-state index is 0.144. The van der Waals surface area contributed by atoms with Crippen molar-refractivity contribution in [3.63, 3.8) is 0 Å². The molecular weight excluding hydrogens is 246 g/mol. The molecule has 0 radical (unpaired) electrons. The zero-order chi connectivity index (χ0) is 13.4. The first-order chi connectivity index (χ1) is 9.22. The maximum absolute atomic E-state index is 12.4. The molecule has 0 bridgehead atoms. The summed E-state index contributed by atoms with van der Waals surface area (Å²) in [5, 5.41) is 2.07. The summed E-state index contributed by atoms with van der Waals surface area (Å²) in [6, 6.07) is 6.47. The number of urea groups is 1. The third kappa shape index (κ3) is 1.84. The zero-order valence-electron chi connectivity index (χ0n) is 10.7. The van der Waals surface area contributed by atoms with Gasteiger partial charge in [-0.3, -0.25) is 4.79 Å². The van der Waals surface area contributed by atoms with E-state index in [-0.39, 0.29) is 18.0 Å². The van der Waals surface area contributed by atoms with E-state index in [0.29, 0.717) is 24.5 Å². The second kappa shape index (κ2) is 4.55. The van der Waals surface area contributed by atoms with Crippen LogP contribution in [0, 0.1) is 0 Å². The van der Waals surface area contributed by atoms with E-state index in [1.54, 1.807) is 36.3 Å². The van der Waals surface area contributed by atoms with Crippen molar-refractivity contribution in [3.05, 3.63) is 24.3 Å². The number of ether oxygens (including phenoxy) is 1. The summed E-state index contributed by atoms with van der Waals surface area (Å²) in [5.74, 6) is 0.490. The molecule has 2 saturated heterocycles. The van der Waals surface area contributed by atoms with E-state index >= 15 is 0 Å². The Morgan fingerprint density at radius 1 is 1.37 bits per heavy atom. The number of hydrogen-bond donors (Lipinski definition) is 1. The van der Waals surface area contributed by atoms with Gasteiger partial charge in [-0.05, 0) is 12.1 Å². The van der Waals surface area contributed by atoms with Gasteiger partial charge in [-0.1, -0.05) is 6.07 Å². The van der Waals surface area contributed by atoms with Gasteiger partial charge in [-0.2, -0.15) is 0 Å². The third-order valence-electron chi connectivity index (χ3n) is 3.59. The minimum Gasteiger partial charge on any atom is -0.497 e. The van der Waals surface area contributed by atoms with E-state index in [2.05, 4.69) is 5.32 Å². The number of anilines is 1. The fourth-order valence-electron chi connectivity index (χ4n) is 2.61. The molecule has 1 aromatic carbocycles. The molecule has 0 saturated carbocycles. The lowest BCUT2D eigenvalue weighted by atomic mass is 10.2. The van der Waals surface area contributed by atoms with E-state index in [4.69, 9.17) is 4.74 Å². The monoisotopic (exact) mass is 262 g/mol. The van der Waals surface area contributed by atoms with Gasteiger partial charge in [-0.15, -0.1) is 0 Å². The zero-order valence-corrected chi connectivity index (χ0v) is 10.7. The number of amides is 3. The van der Waals surface area contributed by atoms with Gasteiger partial charge in [0.15, 0.2) is 6.04 Å². The Morgan fingerprint density at radius 3 is 2.95 bits per heavy atom. The minimum atomic E-state index is -0.326. The Morgan fingerprint density at radius 2 is 2.21 bits per heavy atom. The molecule has 2 aliphatic heterocycles. The molecule has 3 rings (SSSR count). The molecule has 2 N–H and O–H groups in total. The van der Waals surface area contributed by atoms with Gasteiger partial charge in [0.1, 0.15) is 12.3 Å². The number of carbonyl (C=O) groups excluding carboxylic acids is 2. The SMILES string of the molecule is COc1cccc(N2C(=O)[C@H]3C[NH2+]CCN3C2=O)c1. The predicted octanol–water partition coefficient (Wildman–Crippen LogP) is -0.591. The molecule has 19 heavy (non-hydrogen) atoms. The van der Waals surface area contributed by atoms with Gasteiger partial charge in [0, 0.05) is 6.07 Å². The van der Waals surface area contributed by atoms with Crippen LogP contribution in [0.1, 0.15) is 0 Å². The molecule has 2 fully saturated rings. The van der Waals surface area contributed by atoms with Gasteiger partial charge in [-0.25, -0.2) is 9.69 Å². The van der Waals surface area contributed by atoms with E-state index in [0.717, 1.165) is 6.54 Å². The summed E-state index contributed by atoms with van der Waals surface area (Å²) < 4.78 is 5.13. The average Bonchev–Trinajstić information content (AvgIpc) is 2.72. The standard InChI is InChI=1S/C13H15N3O3/c1-19-10-4-2-3-9(7-10)16-12(17)11-8-14-5-6-15(11)13(16)18/h2-4,7,11,14H,5-6,8H2,1H3/p+1/t11-/m1/s1. The van der Waals surface area contributed by atoms with Crippen LogP contribution in [-0.4, -0.2) is 49.6 Å². The molecule has 100 valence electrons. The Balaban J connectivity index is 1.95. The summed E-state index contributed by atoms with van der Waals surface area (Å²) in [5.41, 5.74) is 0.573. The highest BCUT2D eigenvalue weighted by Gasteiger charge is 2.48. The molecule has 6 heteroatoms. The van der Waals surface area contributed by atoms with E-state index in [9.17, 15) is 9.59 Å². The number of imide groups is 1. The lowest BCUT2D eigenvalue weighted by molar-refractivity contribution is -0.665. The van der Waals surface area contributed by atoms with Crippen LogP contribution in [0.5, 0.6) is 5.75 Å². The first-order valence-electron chi connectivity index (χ1n) is 6.32. The number of benzene rings is 1. The summed E-state index contributed by atoms with van der Waals surface area (Å²) >= 11 is 0. The second-order valence-electron chi connectivity index (χ2n) is 4.68. The number of rotatable bonds is 2. The highest BCUT2D eigenvalue weighted by Crippen LogP contribution is 2.27. The predicted molar refractivity (Wildman–Crippen MR) is 68.0 cm³/mol. The smallest absolute Gasteiger partial charge is 0.332 e. The third-order valence-corrected chi connectivity index (χ3v) is 3.59. The largest absolute Gasteiger partial charge is 0.497 e. The van der Waals surface area contributed by atoms with E-state index in [1.807, 2.05) is 0 Å². The van der Waals surface area contributed by atoms with Crippen LogP contribution in [-0.2, 0) is 4.79 Å². The lowest BCUT2D eigenvalue weighted by Gasteiger charge is -2.24. The van der Waals surface area contributed by atoms with Crippen molar-refractivity contribution in [2.24, 2.45) is 0 Å². The lowest BCUT2D eigenvalue weighted by Crippen LogP contribution is -2.91. The van der Waals surface area contributed by atoms with Crippen LogP contribution in [0.3, 0.4) is 0 Å². The quantitative estimate of drug-likeness (QED) is 0.724. The number of fused-ring (bicyclic) bond motifs is 1. The van der Waals surface area contributed by atoms with E-state index in [1.165, 1.54) is 4.90 Å². The number of quaternary nitrogens is 1. The number of carbonyl (C=O) groups is 2. The van der Waals surface area contributed by atoms with Crippen molar-refractivity contribution >= 4 is 17.6 Å². The van der Waals surface area contributed by atoms with Crippen LogP contribution in [0.2, 0.25) is 0 Å². The first kappa shape index (κ1) is 12.0. The molecule has 1 atom stereocenters.